The van der Waals surface area contributed by atoms with Gasteiger partial charge in [-0.1, -0.05) is 29.8 Å². The van der Waals surface area contributed by atoms with Crippen molar-refractivity contribution in [2.75, 3.05) is 56.0 Å². The van der Waals surface area contributed by atoms with Crippen LogP contribution in [0.4, 0.5) is 30.6 Å². The van der Waals surface area contributed by atoms with Gasteiger partial charge in [-0.3, -0.25) is 28.2 Å². The fourth-order valence-corrected chi connectivity index (χ4v) is 12.1. The summed E-state index contributed by atoms with van der Waals surface area (Å²) in [4.78, 5) is 66.3. The van der Waals surface area contributed by atoms with Gasteiger partial charge in [0.1, 0.15) is 42.2 Å². The number of halogens is 4. The zero-order chi connectivity index (χ0) is 58.4. The number of aromatic nitrogens is 8. The van der Waals surface area contributed by atoms with E-state index in [9.17, 15) is 53.0 Å². The van der Waals surface area contributed by atoms with E-state index >= 15 is 0 Å². The quantitative estimate of drug-likeness (QED) is 0.0379. The lowest BCUT2D eigenvalue weighted by molar-refractivity contribution is -0.140. The first kappa shape index (κ1) is 62.2. The van der Waals surface area contributed by atoms with Crippen molar-refractivity contribution in [2.45, 2.75) is 112 Å². The molecule has 2 aliphatic carbocycles. The second-order valence-corrected chi connectivity index (χ2v) is 22.0. The smallest absolute Gasteiger partial charge is 0.396 e. The molecule has 6 aliphatic heterocycles. The minimum atomic E-state index is -4.78. The lowest BCUT2D eigenvalue weighted by Crippen LogP contribution is -2.52. The highest BCUT2D eigenvalue weighted by molar-refractivity contribution is 7.46. The number of nitrogens with two attached hydrogens (primary N) is 3. The van der Waals surface area contributed by atoms with Crippen molar-refractivity contribution < 1.29 is 82.2 Å². The van der Waals surface area contributed by atoms with Crippen molar-refractivity contribution in [1.29, 1.82) is 0 Å². The van der Waals surface area contributed by atoms with Gasteiger partial charge in [0.25, 0.3) is 0 Å². The van der Waals surface area contributed by atoms with Gasteiger partial charge in [-0.15, -0.1) is 0 Å². The number of imidazole rings is 2. The van der Waals surface area contributed by atoms with Crippen molar-refractivity contribution in [2.24, 2.45) is 28.5 Å². The van der Waals surface area contributed by atoms with Gasteiger partial charge < -0.3 is 78.2 Å². The third-order valence-corrected chi connectivity index (χ3v) is 16.2. The molecule has 4 aromatic heterocycles. The van der Waals surface area contributed by atoms with E-state index in [2.05, 4.69) is 57.5 Å². The molecule has 82 heavy (non-hydrogen) atoms. The van der Waals surface area contributed by atoms with Crippen molar-refractivity contribution in [3.8, 4) is 0 Å². The summed E-state index contributed by atoms with van der Waals surface area (Å²) in [6.07, 6.45) is -2.21. The molecule has 30 nitrogen and oxygen atoms in total. The van der Waals surface area contributed by atoms with Crippen LogP contribution in [0, 0.1) is 23.8 Å². The van der Waals surface area contributed by atoms with Crippen molar-refractivity contribution in [3.05, 3.63) is 82.1 Å². The Hall–Kier alpha value is -5.85. The van der Waals surface area contributed by atoms with Gasteiger partial charge in [-0.25, -0.2) is 24.3 Å². The molecule has 18 N–H and O–H groups in total. The number of rotatable bonds is 10. The summed E-state index contributed by atoms with van der Waals surface area (Å²) in [7, 11) is -4.78. The van der Waals surface area contributed by atoms with Gasteiger partial charge in [-0.2, -0.15) is 33.2 Å². The summed E-state index contributed by atoms with van der Waals surface area (Å²) < 4.78 is 68.8. The minimum absolute atomic E-state index is 0. The molecular formula is C47H64ClF3N15O15P. The number of amidine groups is 1. The molecule has 450 valence electrons. The number of alkyl halides is 3. The predicted octanol–water partition coefficient (Wildman–Crippen LogP) is -0.00630. The Kier molecular flexibility index (Phi) is 19.1. The summed E-state index contributed by atoms with van der Waals surface area (Å²) in [6.45, 7) is 2.07. The number of ketones is 1. The number of aliphatic hydroxyl groups is 6. The fourth-order valence-electron chi connectivity index (χ4n) is 11.5. The summed E-state index contributed by atoms with van der Waals surface area (Å²) >= 11 is 5.74. The number of phosphoric acid groups is 1. The number of piperidine rings is 3. The van der Waals surface area contributed by atoms with Gasteiger partial charge in [-0.05, 0) is 86.6 Å². The molecule has 0 spiro atoms. The third-order valence-electron chi connectivity index (χ3n) is 15.5. The average molecular weight is 1200 g/mol. The Balaban J connectivity index is 0.000000144. The molecule has 0 amide bonds. The standard InChI is InChI=1S/C20H25NO.C10H13FN5O7P.C9H11F2N3O4.C8H12ClN5O3.H3N/c22-20-16-6-2-4-14-3-1-5-15(19(14)16)11-17(20)18-12-21-9-7-13(18)8-10-21;11-10-14-7(12)4-8(15-10)16(2-13-4)9-6(18)5(17)3(23-9)1-22-24(19,20)21;10-9(11)6(16)4(3-15)18-7(9)14-2-1-5(12)13-8(14)17;9-8-12-6(10)5-7(14(8)17)13(3-11-5)4(16)1-2-15;/h2,4,6,13,15,17-18H,1,3,5,7-12H2;2-3,5-6,9,17-18H,1H2,(H2,12,14,15)(H2,19,20,21);1-2,4,6-7,15-16H,3H2,(H2,12,13,17);3-4,8,15-17H,1-2H2,(H2,10,12);1H3/t15-,17+,18-;;;;/m1..../s1. The molecule has 8 aliphatic rings. The molecule has 5 aromatic rings. The van der Waals surface area contributed by atoms with Crippen LogP contribution >= 0.6 is 19.4 Å². The van der Waals surface area contributed by atoms with Crippen LogP contribution in [0.15, 0.2) is 52.9 Å². The zero-order valence-electron chi connectivity index (χ0n) is 43.5. The molecule has 2 bridgehead atoms. The number of Topliss-reactive ketones (excluding diaryl/α,β-unsaturated/α-hetero) is 1. The number of phosphoric ester groups is 1. The molecule has 10 heterocycles. The van der Waals surface area contributed by atoms with E-state index < -0.39 is 93.6 Å². The first-order valence-corrected chi connectivity index (χ1v) is 27.6. The Labute approximate surface area is 468 Å². The number of hydrogen-bond acceptors (Lipinski definition) is 25. The molecule has 0 saturated carbocycles. The Morgan fingerprint density at radius 3 is 2.33 bits per heavy atom. The van der Waals surface area contributed by atoms with Crippen LogP contribution < -0.4 is 34.1 Å². The van der Waals surface area contributed by atoms with Crippen LogP contribution in [0.3, 0.4) is 0 Å². The second-order valence-electron chi connectivity index (χ2n) is 20.4. The zero-order valence-corrected chi connectivity index (χ0v) is 45.2. The molecule has 0 radical (unpaired) electrons. The molecule has 5 fully saturated rings. The molecular weight excluding hydrogens is 1140 g/mol. The molecule has 13 rings (SSSR count). The number of carbonyl (C=O) groups is 1. The Morgan fingerprint density at radius 1 is 0.951 bits per heavy atom. The summed E-state index contributed by atoms with van der Waals surface area (Å²) in [5.74, 6) is -0.914. The van der Waals surface area contributed by atoms with Gasteiger partial charge in [0.05, 0.1) is 25.9 Å². The van der Waals surface area contributed by atoms with E-state index in [1.165, 1.54) is 73.8 Å². The molecule has 35 heteroatoms. The van der Waals surface area contributed by atoms with Crippen LogP contribution in [0.2, 0.25) is 0 Å². The van der Waals surface area contributed by atoms with E-state index in [-0.39, 0.29) is 59.3 Å². The minimum Gasteiger partial charge on any atom is -0.396 e. The highest BCUT2D eigenvalue weighted by atomic mass is 35.5. The van der Waals surface area contributed by atoms with Crippen LogP contribution in [0.5, 0.6) is 0 Å². The molecule has 1 aromatic carbocycles. The van der Waals surface area contributed by atoms with Crippen LogP contribution in [-0.2, 0) is 25.0 Å². The third kappa shape index (κ3) is 12.5. The number of aliphatic hydroxyl groups excluding tert-OH is 6. The number of aryl methyl sites for hydroxylation is 1. The van der Waals surface area contributed by atoms with E-state index in [1.807, 2.05) is 0 Å². The molecule has 12 atom stereocenters. The second kappa shape index (κ2) is 25.2. The summed E-state index contributed by atoms with van der Waals surface area (Å²) in [5.41, 5.74) is 18.5. The molecule has 9 unspecified atom stereocenters. The molecule has 5 saturated heterocycles. The van der Waals surface area contributed by atoms with Crippen molar-refractivity contribution in [3.63, 3.8) is 0 Å². The van der Waals surface area contributed by atoms with Crippen LogP contribution in [-0.4, -0.2) is 182 Å². The number of anilines is 3. The average Bonchev–Trinajstić information content (AvgIpc) is 4.31. The maximum Gasteiger partial charge on any atom is 0.469 e. The van der Waals surface area contributed by atoms with Crippen molar-refractivity contribution >= 4 is 59.7 Å². The maximum atomic E-state index is 13.7. The first-order valence-electron chi connectivity index (χ1n) is 25.7. The number of benzene rings is 1. The number of carbonyl (C=O) groups excluding carboxylic acids is 1. The number of ether oxygens (including phenoxy) is 2. The van der Waals surface area contributed by atoms with Gasteiger partial charge in [0.2, 0.25) is 11.9 Å². The normalized spacial score (nSPS) is 29.9. The Bertz CT molecular complexity index is 3230. The highest BCUT2D eigenvalue weighted by Gasteiger charge is 2.59. The largest absolute Gasteiger partial charge is 0.469 e. The highest BCUT2D eigenvalue weighted by Crippen LogP contribution is 2.49. The van der Waals surface area contributed by atoms with Gasteiger partial charge in [0, 0.05) is 37.3 Å². The number of aliphatic imine (C=N–C) groups is 1. The van der Waals surface area contributed by atoms with Crippen LogP contribution in [0.25, 0.3) is 11.2 Å². The van der Waals surface area contributed by atoms with Crippen LogP contribution in [0.1, 0.15) is 90.3 Å². The number of hydrogen-bond donors (Lipinski definition) is 13. The number of nitrogen functional groups attached to an aromatic ring is 2. The van der Waals surface area contributed by atoms with E-state index in [1.54, 1.807) is 0 Å². The lowest BCUT2D eigenvalue weighted by atomic mass is 9.62. The first-order chi connectivity index (χ1) is 38.4. The number of fused-ring (bicyclic) bond motifs is 5. The van der Waals surface area contributed by atoms with E-state index in [0.29, 0.717) is 33.2 Å². The summed E-state index contributed by atoms with van der Waals surface area (Å²) in [6, 6.07) is 7.65. The fraction of sp³-hybridized carbons (Fsp3) is 0.574. The number of nitrogens with zero attached hydrogens (tertiary/aromatic N) is 11. The van der Waals surface area contributed by atoms with Gasteiger partial charge in [0.15, 0.2) is 46.8 Å². The summed E-state index contributed by atoms with van der Waals surface area (Å²) in [5, 5.41) is 67.0. The maximum absolute atomic E-state index is 13.7. The topological polar surface area (TPSA) is 472 Å². The van der Waals surface area contributed by atoms with Crippen molar-refractivity contribution in [1.82, 2.24) is 49.7 Å². The monoisotopic (exact) mass is 1200 g/mol. The lowest BCUT2D eigenvalue weighted by Gasteiger charge is -2.49. The number of hydroxylamine groups is 1. The van der Waals surface area contributed by atoms with E-state index in [4.69, 9.17) is 58.3 Å². The van der Waals surface area contributed by atoms with Gasteiger partial charge >= 0.3 is 25.5 Å². The van der Waals surface area contributed by atoms with E-state index in [0.717, 1.165) is 41.1 Å². The predicted molar refractivity (Wildman–Crippen MR) is 281 cm³/mol. The Morgan fingerprint density at radius 2 is 1.68 bits per heavy atom. The SMILES string of the molecule is N.NC1=NC(Cl)N(O)c2c1ncn2C(O)CCO.Nc1ccn(C2OC(CO)C(O)C2(F)F)c(=O)n1.Nc1nc(F)nc2c1ncn2C1OC(COP(=O)(O)O)C(O)C1O.O=C1c2cccc3c2[C@H](CCC3)C[C@H]1[C@@H]1CN2CCC1CC2.